The van der Waals surface area contributed by atoms with Gasteiger partial charge in [0.25, 0.3) is 5.69 Å². The van der Waals surface area contributed by atoms with Gasteiger partial charge in [0.2, 0.25) is 12.3 Å². The third-order valence-corrected chi connectivity index (χ3v) is 12.3. The summed E-state index contributed by atoms with van der Waals surface area (Å²) in [6.07, 6.45) is -53.1. The molecule has 0 N–H and O–H groups in total. The molecule has 7 nitrogen and oxygen atoms in total. The van der Waals surface area contributed by atoms with Gasteiger partial charge in [0, 0.05) is 16.5 Å². The number of ketones is 1. The first-order valence-corrected chi connectivity index (χ1v) is 22.5. The number of rotatable bonds is 10. The average Bonchev–Trinajstić information content (AvgIpc) is 1.23. The molecule has 0 aliphatic rings. The average molecular weight is 1210 g/mol. The molecule has 440 valence electrons. The van der Waals surface area contributed by atoms with Crippen molar-refractivity contribution in [2.75, 3.05) is 6.73 Å². The second-order valence-electron chi connectivity index (χ2n) is 17.7. The number of hydrogen-bond acceptors (Lipinski definition) is 4. The summed E-state index contributed by atoms with van der Waals surface area (Å²) in [6, 6.07) is 9.18. The number of Topliss-reactive ketones (excluding diaryl/α,β-unsaturated/α-hetero) is 1. The molecule has 0 atom stereocenters. The first kappa shape index (κ1) is 63.7. The van der Waals surface area contributed by atoms with Crippen LogP contribution in [0, 0.1) is 0 Å². The minimum atomic E-state index is -6.13. The lowest BCUT2D eigenvalue weighted by Gasteiger charge is -2.46. The lowest BCUT2D eigenvalue weighted by molar-refractivity contribution is -0.684. The SMILES string of the molecule is FC(F)(F)c1cc([B-](c2cc(C(F)(F)F)cc(C(F)(F)F)c2)(c2cc(C(F)(F)F)cc(C(F)(F)F)c2)c2cc(C(F)(F)F)cc(C(F)(F)F)c2)cc(C(F)(F)F)c1.[N-]=[N+]=NCOC(=O)c1c2ccccc2cc[n+]1CC(=O)c1ccccc1. The number of benzene rings is 6. The van der Waals surface area contributed by atoms with E-state index in [1.165, 1.54) is 0 Å². The van der Waals surface area contributed by atoms with Crippen LogP contribution < -0.4 is 26.4 Å². The van der Waals surface area contributed by atoms with E-state index in [-0.39, 0.29) is 18.0 Å². The maximum atomic E-state index is 14.2. The van der Waals surface area contributed by atoms with Gasteiger partial charge in [0.05, 0.1) is 49.9 Å². The minimum Gasteiger partial charge on any atom is -0.452 e. The number of nitrogens with zero attached hydrogens (tertiary/aromatic N) is 4. The molecule has 7 rings (SSSR count). The van der Waals surface area contributed by atoms with Crippen molar-refractivity contribution in [3.63, 3.8) is 0 Å². The van der Waals surface area contributed by atoms with Crippen LogP contribution in [0.1, 0.15) is 65.4 Å². The summed E-state index contributed by atoms with van der Waals surface area (Å²) in [6.45, 7) is -0.425. The van der Waals surface area contributed by atoms with Crippen molar-refractivity contribution in [3.8, 4) is 0 Å². The number of pyridine rings is 1. The predicted molar refractivity (Wildman–Crippen MR) is 244 cm³/mol. The molecule has 0 fully saturated rings. The molecule has 0 radical (unpaired) electrons. The molecule has 1 heterocycles. The van der Waals surface area contributed by atoms with Gasteiger partial charge in [-0.25, -0.2) is 4.79 Å². The zero-order valence-corrected chi connectivity index (χ0v) is 40.4. The van der Waals surface area contributed by atoms with Gasteiger partial charge in [-0.15, -0.1) is 0 Å². The van der Waals surface area contributed by atoms with E-state index in [9.17, 15) is 115 Å². The van der Waals surface area contributed by atoms with Crippen molar-refractivity contribution < 1.29 is 124 Å². The minimum absolute atomic E-state index is 0.0131. The van der Waals surface area contributed by atoms with Gasteiger partial charge in [0.15, 0.2) is 12.9 Å². The number of azide groups is 1. The zero-order valence-electron chi connectivity index (χ0n) is 40.4. The Morgan fingerprint density at radius 3 is 1.04 bits per heavy atom. The van der Waals surface area contributed by atoms with Crippen molar-refractivity contribution in [2.45, 2.75) is 56.0 Å². The maximum absolute atomic E-state index is 14.2. The highest BCUT2D eigenvalue weighted by atomic mass is 19.4. The van der Waals surface area contributed by atoms with Gasteiger partial charge in [-0.2, -0.15) is 132 Å². The van der Waals surface area contributed by atoms with E-state index in [0.29, 0.717) is 10.9 Å². The Bertz CT molecular complexity index is 3180. The number of ether oxygens (including phenoxy) is 1. The quantitative estimate of drug-likeness (QED) is 0.0199. The van der Waals surface area contributed by atoms with Crippen LogP contribution in [0.2, 0.25) is 0 Å². The summed E-state index contributed by atoms with van der Waals surface area (Å²) >= 11 is 0. The van der Waals surface area contributed by atoms with Gasteiger partial charge in [-0.05, 0) is 41.2 Å². The van der Waals surface area contributed by atoms with E-state index < -0.39 is 207 Å². The summed E-state index contributed by atoms with van der Waals surface area (Å²) < 4.78 is 347. The van der Waals surface area contributed by atoms with Crippen LogP contribution >= 0.6 is 0 Å². The molecule has 0 spiro atoms. The van der Waals surface area contributed by atoms with Gasteiger partial charge in [0.1, 0.15) is 6.15 Å². The molecular weight excluding hydrogens is 1180 g/mol. The van der Waals surface area contributed by atoms with E-state index >= 15 is 0 Å². The van der Waals surface area contributed by atoms with Crippen molar-refractivity contribution in [1.82, 2.24) is 0 Å². The van der Waals surface area contributed by atoms with Crippen LogP contribution in [0.25, 0.3) is 21.2 Å². The number of carbonyl (C=O) groups is 2. The largest absolute Gasteiger partial charge is 0.452 e. The third kappa shape index (κ3) is 14.6. The predicted octanol–water partition coefficient (Wildman–Crippen LogP) is 14.6. The van der Waals surface area contributed by atoms with E-state index in [1.807, 2.05) is 24.3 Å². The summed E-state index contributed by atoms with van der Waals surface area (Å²) in [7, 11) is 0. The number of esters is 1. The van der Waals surface area contributed by atoms with Crippen LogP contribution in [-0.2, 0) is 60.7 Å². The lowest BCUT2D eigenvalue weighted by atomic mass is 9.12. The molecular formula is C51H27BF24N4O3. The standard InChI is InChI=1S/C32H12BF24.C19H15N4O3/c34-25(35,36)13-1-14(26(37,38)39)6-21(5-13)33(22-7-15(27(40,41)42)2-16(8-22)28(43,44)45,23-9-17(29(46,47)48)3-18(10-23)30(49,50)51)24-11-19(31(52,53)54)4-20(12-24)32(55,56)57;20-22-21-13-26-19(25)18-16-9-5-4-6-14(16)10-11-23(18)12-17(24)15-7-2-1-3-8-15/h1-12H;1-11H,12-13H2/q-1;+1. The summed E-state index contributed by atoms with van der Waals surface area (Å²) in [5.74, 6) is -0.787. The smallest absolute Gasteiger partial charge is 0.416 e. The maximum Gasteiger partial charge on any atom is 0.416 e. The summed E-state index contributed by atoms with van der Waals surface area (Å²) in [5.41, 5.74) is -21.1. The van der Waals surface area contributed by atoms with Crippen LogP contribution in [0.3, 0.4) is 0 Å². The van der Waals surface area contributed by atoms with Crippen LogP contribution in [0.15, 0.2) is 145 Å². The Labute approximate surface area is 447 Å². The molecule has 0 aliphatic heterocycles. The second-order valence-corrected chi connectivity index (χ2v) is 17.7. The van der Waals surface area contributed by atoms with Crippen LogP contribution in [0.4, 0.5) is 105 Å². The number of aromatic nitrogens is 1. The molecule has 7 aromatic rings. The topological polar surface area (TPSA) is 96.0 Å². The van der Waals surface area contributed by atoms with Crippen molar-refractivity contribution in [1.29, 1.82) is 0 Å². The van der Waals surface area contributed by atoms with Gasteiger partial charge < -0.3 is 4.74 Å². The Hall–Kier alpha value is -8.44. The second kappa shape index (κ2) is 22.7. The van der Waals surface area contributed by atoms with E-state index in [1.54, 1.807) is 47.2 Å². The summed E-state index contributed by atoms with van der Waals surface area (Å²) in [4.78, 5) is 27.6. The number of fused-ring (bicyclic) bond motifs is 1. The molecule has 83 heavy (non-hydrogen) atoms. The van der Waals surface area contributed by atoms with E-state index in [0.717, 1.165) is 5.39 Å². The van der Waals surface area contributed by atoms with Gasteiger partial charge in [-0.1, -0.05) is 102 Å². The Morgan fingerprint density at radius 1 is 0.434 bits per heavy atom. The molecule has 6 aromatic carbocycles. The first-order chi connectivity index (χ1) is 38.0. The van der Waals surface area contributed by atoms with Crippen molar-refractivity contribution in [2.24, 2.45) is 5.11 Å². The fourth-order valence-corrected chi connectivity index (χ4v) is 8.74. The highest BCUT2D eigenvalue weighted by molar-refractivity contribution is 7.20. The fraction of sp³-hybridized carbons (Fsp3) is 0.196. The molecule has 0 amide bonds. The molecule has 0 unspecified atom stereocenters. The molecule has 0 aliphatic carbocycles. The van der Waals surface area contributed by atoms with Gasteiger partial charge >= 0.3 is 55.4 Å². The lowest BCUT2D eigenvalue weighted by Crippen LogP contribution is -2.75. The van der Waals surface area contributed by atoms with E-state index in [2.05, 4.69) is 10.0 Å². The molecule has 0 saturated heterocycles. The molecule has 0 saturated carbocycles. The number of halogens is 24. The summed E-state index contributed by atoms with van der Waals surface area (Å²) in [5, 5.41) is 4.71. The van der Waals surface area contributed by atoms with Crippen molar-refractivity contribution in [3.05, 3.63) is 206 Å². The number of hydrogen-bond donors (Lipinski definition) is 0. The van der Waals surface area contributed by atoms with Crippen molar-refractivity contribution >= 4 is 50.5 Å². The van der Waals surface area contributed by atoms with Crippen LogP contribution in [0.5, 0.6) is 0 Å². The Kier molecular flexibility index (Phi) is 17.5. The molecule has 1 aromatic heterocycles. The van der Waals surface area contributed by atoms with Crippen LogP contribution in [-0.4, -0.2) is 24.6 Å². The Morgan fingerprint density at radius 2 is 0.735 bits per heavy atom. The Balaban J connectivity index is 0.000000352. The highest BCUT2D eigenvalue weighted by Crippen LogP contribution is 2.41. The number of alkyl halides is 24. The molecule has 0 bridgehead atoms. The van der Waals surface area contributed by atoms with Gasteiger partial charge in [-0.3, -0.25) is 4.79 Å². The fourth-order valence-electron chi connectivity index (χ4n) is 8.74. The first-order valence-electron chi connectivity index (χ1n) is 22.5. The zero-order chi connectivity index (χ0) is 62.3. The van der Waals surface area contributed by atoms with E-state index in [4.69, 9.17) is 10.3 Å². The monoisotopic (exact) mass is 1210 g/mol. The highest BCUT2D eigenvalue weighted by Gasteiger charge is 2.47. The third-order valence-electron chi connectivity index (χ3n) is 12.3. The number of carbonyl (C=O) groups excluding carboxylic acids is 2. The molecule has 32 heteroatoms. The normalized spacial score (nSPS) is 13.0.